The summed E-state index contributed by atoms with van der Waals surface area (Å²) in [6.45, 7) is 7.30. The standard InChI is InChI=1S/C28H35NO/c1-18-12-14-27(2)20(16-18)8-9-21-22-10-11-25(28(22,3)26(30)17-23(21)27)29-15-13-19-6-4-5-7-24(19)29/h4-8,11,13,15,18,21-23,26,30H,9-10,12,14,16-17H2,1-3H3/t18-,21?,22?,23?,26?,27-,28-/m0/s1. The predicted molar refractivity (Wildman–Crippen MR) is 124 cm³/mol. The third-order valence-corrected chi connectivity index (χ3v) is 9.86. The molecule has 30 heavy (non-hydrogen) atoms. The van der Waals surface area contributed by atoms with Crippen molar-refractivity contribution in [3.8, 4) is 0 Å². The van der Waals surface area contributed by atoms with Crippen LogP contribution < -0.4 is 0 Å². The number of hydrogen-bond acceptors (Lipinski definition) is 1. The Balaban J connectivity index is 1.40. The van der Waals surface area contributed by atoms with Crippen LogP contribution in [0.5, 0.6) is 0 Å². The zero-order valence-electron chi connectivity index (χ0n) is 18.6. The number of hydrogen-bond donors (Lipinski definition) is 1. The van der Waals surface area contributed by atoms with Crippen LogP contribution in [-0.4, -0.2) is 15.8 Å². The van der Waals surface area contributed by atoms with E-state index in [4.69, 9.17) is 0 Å². The third-order valence-electron chi connectivity index (χ3n) is 9.86. The van der Waals surface area contributed by atoms with Crippen LogP contribution >= 0.6 is 0 Å². The van der Waals surface area contributed by atoms with Crippen LogP contribution in [0.15, 0.2) is 54.3 Å². The molecule has 4 aliphatic carbocycles. The van der Waals surface area contributed by atoms with Gasteiger partial charge in [0.1, 0.15) is 0 Å². The lowest BCUT2D eigenvalue weighted by Crippen LogP contribution is -2.55. The summed E-state index contributed by atoms with van der Waals surface area (Å²) in [5, 5.41) is 13.0. The van der Waals surface area contributed by atoms with E-state index < -0.39 is 0 Å². The highest BCUT2D eigenvalue weighted by Gasteiger charge is 2.60. The van der Waals surface area contributed by atoms with E-state index in [0.717, 1.165) is 18.8 Å². The van der Waals surface area contributed by atoms with Gasteiger partial charge in [0.05, 0.1) is 11.6 Å². The second kappa shape index (κ2) is 6.36. The molecule has 158 valence electrons. The Bertz CT molecular complexity index is 1060. The zero-order chi connectivity index (χ0) is 20.7. The lowest BCUT2D eigenvalue weighted by Gasteiger charge is -2.59. The molecule has 7 atom stereocenters. The van der Waals surface area contributed by atoms with Gasteiger partial charge in [0.25, 0.3) is 0 Å². The molecule has 1 aromatic carbocycles. The lowest BCUT2D eigenvalue weighted by atomic mass is 9.46. The fourth-order valence-corrected chi connectivity index (χ4v) is 8.02. The van der Waals surface area contributed by atoms with Gasteiger partial charge >= 0.3 is 0 Å². The van der Waals surface area contributed by atoms with Gasteiger partial charge in [0.2, 0.25) is 0 Å². The predicted octanol–water partition coefficient (Wildman–Crippen LogP) is 6.66. The van der Waals surface area contributed by atoms with Crippen molar-refractivity contribution in [3.63, 3.8) is 0 Å². The van der Waals surface area contributed by atoms with Crippen molar-refractivity contribution in [2.45, 2.75) is 65.4 Å². The van der Waals surface area contributed by atoms with E-state index in [1.54, 1.807) is 5.57 Å². The van der Waals surface area contributed by atoms with E-state index in [-0.39, 0.29) is 11.5 Å². The second-order valence-electron chi connectivity index (χ2n) is 11.2. The highest BCUT2D eigenvalue weighted by atomic mass is 16.3. The van der Waals surface area contributed by atoms with Gasteiger partial charge in [-0.25, -0.2) is 0 Å². The van der Waals surface area contributed by atoms with Gasteiger partial charge in [0.15, 0.2) is 0 Å². The summed E-state index contributed by atoms with van der Waals surface area (Å²) in [7, 11) is 0. The van der Waals surface area contributed by atoms with Gasteiger partial charge < -0.3 is 9.67 Å². The topological polar surface area (TPSA) is 25.2 Å². The van der Waals surface area contributed by atoms with E-state index in [1.165, 1.54) is 42.3 Å². The molecule has 0 bridgehead atoms. The molecule has 2 nitrogen and oxygen atoms in total. The number of aliphatic hydroxyl groups is 1. The van der Waals surface area contributed by atoms with Gasteiger partial charge in [-0.3, -0.25) is 0 Å². The number of para-hydroxylation sites is 1. The van der Waals surface area contributed by atoms with Crippen molar-refractivity contribution in [2.75, 3.05) is 0 Å². The van der Waals surface area contributed by atoms with Crippen LogP contribution in [0.2, 0.25) is 0 Å². The molecule has 2 fully saturated rings. The Kier molecular flexibility index (Phi) is 4.01. The molecule has 0 amide bonds. The average Bonchev–Trinajstić information content (AvgIpc) is 3.31. The fraction of sp³-hybridized carbons (Fsp3) is 0.571. The quantitative estimate of drug-likeness (QED) is 0.531. The van der Waals surface area contributed by atoms with E-state index in [1.807, 2.05) is 0 Å². The minimum atomic E-state index is -0.269. The Labute approximate surface area is 180 Å². The molecule has 4 unspecified atom stereocenters. The normalized spacial score (nSPS) is 42.9. The SMILES string of the molecule is C[C@H]1CC[C@@]2(C)C(=CCC3C4CC=C(n5ccc6ccccc65)[C@@]4(C)C(O)CC32)C1. The molecule has 0 spiro atoms. The first kappa shape index (κ1) is 18.9. The molecule has 4 aliphatic rings. The first-order chi connectivity index (χ1) is 14.4. The average molecular weight is 402 g/mol. The summed E-state index contributed by atoms with van der Waals surface area (Å²) in [5.74, 6) is 2.68. The monoisotopic (exact) mass is 401 g/mol. The van der Waals surface area contributed by atoms with Crippen LogP contribution in [0.4, 0.5) is 0 Å². The minimum Gasteiger partial charge on any atom is -0.392 e. The Morgan fingerprint density at radius 2 is 1.87 bits per heavy atom. The van der Waals surface area contributed by atoms with Crippen LogP contribution in [0.3, 0.4) is 0 Å². The molecule has 0 aliphatic heterocycles. The molecule has 0 saturated heterocycles. The molecular formula is C28H35NO. The minimum absolute atomic E-state index is 0.160. The van der Waals surface area contributed by atoms with Crippen molar-refractivity contribution in [2.24, 2.45) is 34.5 Å². The summed E-state index contributed by atoms with van der Waals surface area (Å²) in [5.41, 5.74) is 4.45. The maximum atomic E-state index is 11.7. The van der Waals surface area contributed by atoms with E-state index in [9.17, 15) is 5.11 Å². The largest absolute Gasteiger partial charge is 0.392 e. The molecule has 2 heteroatoms. The molecule has 6 rings (SSSR count). The van der Waals surface area contributed by atoms with Crippen molar-refractivity contribution >= 4 is 16.6 Å². The number of benzene rings is 1. The third kappa shape index (κ3) is 2.35. The van der Waals surface area contributed by atoms with Gasteiger partial charge in [-0.1, -0.05) is 56.7 Å². The maximum Gasteiger partial charge on any atom is 0.0654 e. The molecule has 1 heterocycles. The van der Waals surface area contributed by atoms with E-state index >= 15 is 0 Å². The lowest BCUT2D eigenvalue weighted by molar-refractivity contribution is -0.0940. The number of fused-ring (bicyclic) bond motifs is 6. The Morgan fingerprint density at radius 3 is 2.73 bits per heavy atom. The zero-order valence-corrected chi connectivity index (χ0v) is 18.6. The van der Waals surface area contributed by atoms with Gasteiger partial charge in [-0.2, -0.15) is 0 Å². The molecule has 0 radical (unpaired) electrons. The number of allylic oxidation sites excluding steroid dienone is 3. The second-order valence-corrected chi connectivity index (χ2v) is 11.2. The van der Waals surface area contributed by atoms with Crippen LogP contribution in [-0.2, 0) is 0 Å². The number of aromatic nitrogens is 1. The molecule has 2 aromatic rings. The highest BCUT2D eigenvalue weighted by Crippen LogP contribution is 2.66. The first-order valence-corrected chi connectivity index (χ1v) is 12.1. The summed E-state index contributed by atoms with van der Waals surface area (Å²) >= 11 is 0. The summed E-state index contributed by atoms with van der Waals surface area (Å²) in [4.78, 5) is 0. The molecule has 1 aromatic heterocycles. The first-order valence-electron chi connectivity index (χ1n) is 12.1. The summed E-state index contributed by atoms with van der Waals surface area (Å²) < 4.78 is 2.37. The summed E-state index contributed by atoms with van der Waals surface area (Å²) in [6, 6.07) is 10.8. The highest BCUT2D eigenvalue weighted by molar-refractivity contribution is 5.84. The number of aliphatic hydroxyl groups excluding tert-OH is 1. The van der Waals surface area contributed by atoms with Crippen LogP contribution in [0, 0.1) is 34.5 Å². The number of nitrogens with zero attached hydrogens (tertiary/aromatic N) is 1. The fourth-order valence-electron chi connectivity index (χ4n) is 8.02. The van der Waals surface area contributed by atoms with Crippen LogP contribution in [0.25, 0.3) is 16.6 Å². The van der Waals surface area contributed by atoms with Crippen LogP contribution in [0.1, 0.15) is 59.3 Å². The van der Waals surface area contributed by atoms with Gasteiger partial charge in [-0.05, 0) is 85.1 Å². The van der Waals surface area contributed by atoms with Crippen molar-refractivity contribution in [1.82, 2.24) is 4.57 Å². The van der Waals surface area contributed by atoms with Crippen molar-refractivity contribution in [3.05, 3.63) is 54.3 Å². The van der Waals surface area contributed by atoms with Gasteiger partial charge in [0, 0.05) is 17.3 Å². The molecule has 2 saturated carbocycles. The molecule has 1 N–H and O–H groups in total. The van der Waals surface area contributed by atoms with Gasteiger partial charge in [-0.15, -0.1) is 0 Å². The number of rotatable bonds is 1. The Hall–Kier alpha value is -1.80. The van der Waals surface area contributed by atoms with Crippen molar-refractivity contribution < 1.29 is 5.11 Å². The van der Waals surface area contributed by atoms with Crippen molar-refractivity contribution in [1.29, 1.82) is 0 Å². The summed E-state index contributed by atoms with van der Waals surface area (Å²) in [6.07, 6.45) is 14.2. The van der Waals surface area contributed by atoms with E-state index in [0.29, 0.717) is 23.2 Å². The maximum absolute atomic E-state index is 11.7. The van der Waals surface area contributed by atoms with E-state index in [2.05, 4.69) is 74.0 Å². The molecular weight excluding hydrogens is 366 g/mol. The smallest absolute Gasteiger partial charge is 0.0654 e. The Morgan fingerprint density at radius 1 is 1.03 bits per heavy atom.